The number of carbonyl (C=O) groups excluding carboxylic acids is 1. The van der Waals surface area contributed by atoms with Gasteiger partial charge in [0.25, 0.3) is 11.5 Å². The number of hydrogen-bond donors (Lipinski definition) is 2. The second kappa shape index (κ2) is 7.83. The van der Waals surface area contributed by atoms with E-state index >= 15 is 0 Å². The first-order chi connectivity index (χ1) is 15.9. The molecule has 3 heterocycles. The molecule has 164 valence electrons. The summed E-state index contributed by atoms with van der Waals surface area (Å²) < 4.78 is 1.51. The Hall–Kier alpha value is -4.60. The second-order valence-corrected chi connectivity index (χ2v) is 7.71. The number of benzene rings is 2. The number of carbonyl (C=O) groups is 1. The molecule has 33 heavy (non-hydrogen) atoms. The van der Waals surface area contributed by atoms with Gasteiger partial charge >= 0.3 is 0 Å². The highest BCUT2D eigenvalue weighted by Crippen LogP contribution is 2.23. The largest absolute Gasteiger partial charge is 0.319 e. The summed E-state index contributed by atoms with van der Waals surface area (Å²) in [4.78, 5) is 33.4. The Labute approximate surface area is 187 Å². The summed E-state index contributed by atoms with van der Waals surface area (Å²) in [6, 6.07) is 13.1. The molecular formula is C23H20N8O2. The molecular weight excluding hydrogens is 420 g/mol. The van der Waals surface area contributed by atoms with Crippen molar-refractivity contribution >= 4 is 22.6 Å². The molecule has 2 aromatic carbocycles. The molecule has 0 atom stereocenters. The zero-order valence-electron chi connectivity index (χ0n) is 18.2. The van der Waals surface area contributed by atoms with E-state index in [1.165, 1.54) is 22.0 Å². The number of amides is 1. The van der Waals surface area contributed by atoms with Gasteiger partial charge in [0, 0.05) is 0 Å². The van der Waals surface area contributed by atoms with Gasteiger partial charge in [-0.3, -0.25) is 9.59 Å². The van der Waals surface area contributed by atoms with Gasteiger partial charge in [0.15, 0.2) is 11.3 Å². The average molecular weight is 440 g/mol. The first kappa shape index (κ1) is 20.3. The lowest BCUT2D eigenvalue weighted by atomic mass is 10.1. The Balaban J connectivity index is 1.50. The molecule has 5 aromatic rings. The fraction of sp³-hybridized carbons (Fsp3) is 0.130. The van der Waals surface area contributed by atoms with Gasteiger partial charge < -0.3 is 10.3 Å². The van der Waals surface area contributed by atoms with Gasteiger partial charge in [0.1, 0.15) is 5.39 Å². The Morgan fingerprint density at radius 3 is 2.67 bits per heavy atom. The molecule has 0 radical (unpaired) electrons. The van der Waals surface area contributed by atoms with Crippen molar-refractivity contribution in [1.29, 1.82) is 0 Å². The molecule has 0 saturated carbocycles. The minimum absolute atomic E-state index is 0.213. The van der Waals surface area contributed by atoms with E-state index in [9.17, 15) is 9.59 Å². The molecule has 0 aliphatic carbocycles. The molecule has 3 aromatic heterocycles. The third-order valence-electron chi connectivity index (χ3n) is 5.32. The van der Waals surface area contributed by atoms with Crippen molar-refractivity contribution in [3.05, 3.63) is 87.9 Å². The highest BCUT2D eigenvalue weighted by Gasteiger charge is 2.20. The number of rotatable bonds is 4. The van der Waals surface area contributed by atoms with Crippen LogP contribution in [0.2, 0.25) is 0 Å². The number of aromatic amines is 1. The molecule has 10 nitrogen and oxygen atoms in total. The molecule has 0 bridgehead atoms. The molecule has 0 unspecified atom stereocenters. The fourth-order valence-corrected chi connectivity index (χ4v) is 3.70. The predicted molar refractivity (Wildman–Crippen MR) is 123 cm³/mol. The Kier molecular flexibility index (Phi) is 4.82. The van der Waals surface area contributed by atoms with Crippen LogP contribution in [-0.4, -0.2) is 40.6 Å². The summed E-state index contributed by atoms with van der Waals surface area (Å²) in [6.45, 7) is 5.74. The molecule has 2 N–H and O–H groups in total. The van der Waals surface area contributed by atoms with Crippen LogP contribution in [0.15, 0.2) is 59.8 Å². The average Bonchev–Trinajstić information content (AvgIpc) is 3.39. The summed E-state index contributed by atoms with van der Waals surface area (Å²) in [5, 5.41) is 16.4. The van der Waals surface area contributed by atoms with Crippen molar-refractivity contribution in [2.24, 2.45) is 0 Å². The lowest BCUT2D eigenvalue weighted by Gasteiger charge is -2.11. The molecule has 1 amide bonds. The minimum atomic E-state index is -0.404. The first-order valence-electron chi connectivity index (χ1n) is 10.3. The number of hydrogen-bond acceptors (Lipinski definition) is 6. The summed E-state index contributed by atoms with van der Waals surface area (Å²) in [7, 11) is 0. The molecule has 5 rings (SSSR count). The van der Waals surface area contributed by atoms with Crippen molar-refractivity contribution in [1.82, 2.24) is 34.7 Å². The molecule has 0 spiro atoms. The maximum absolute atomic E-state index is 13.1. The van der Waals surface area contributed by atoms with E-state index in [0.717, 1.165) is 16.8 Å². The first-order valence-corrected chi connectivity index (χ1v) is 10.3. The molecule has 10 heteroatoms. The molecule has 0 saturated heterocycles. The van der Waals surface area contributed by atoms with Crippen LogP contribution in [0.25, 0.3) is 22.4 Å². The minimum Gasteiger partial charge on any atom is -0.319 e. The number of para-hydroxylation sites is 2. The number of aryl methyl sites for hydroxylation is 3. The van der Waals surface area contributed by atoms with Gasteiger partial charge in [-0.1, -0.05) is 29.8 Å². The van der Waals surface area contributed by atoms with Crippen LogP contribution in [0, 0.1) is 20.8 Å². The Morgan fingerprint density at radius 1 is 1.03 bits per heavy atom. The SMILES string of the molecule is Cc1ccc(-n2nc(C)c(C(=O)Nc3ccccc3-n3ncc4c(=O)[nH]cnc43)n2)c(C)c1. The van der Waals surface area contributed by atoms with Crippen LogP contribution in [0.5, 0.6) is 0 Å². The summed E-state index contributed by atoms with van der Waals surface area (Å²) in [5.41, 5.74) is 4.83. The van der Waals surface area contributed by atoms with E-state index in [4.69, 9.17) is 0 Å². The van der Waals surface area contributed by atoms with Crippen LogP contribution in [-0.2, 0) is 0 Å². The van der Waals surface area contributed by atoms with E-state index in [1.54, 1.807) is 25.1 Å². The highest BCUT2D eigenvalue weighted by atomic mass is 16.2. The van der Waals surface area contributed by atoms with Crippen molar-refractivity contribution < 1.29 is 4.79 Å². The summed E-state index contributed by atoms with van der Waals surface area (Å²) >= 11 is 0. The van der Waals surface area contributed by atoms with Crippen molar-refractivity contribution in [2.45, 2.75) is 20.8 Å². The predicted octanol–water partition coefficient (Wildman–Crippen LogP) is 2.87. The second-order valence-electron chi connectivity index (χ2n) is 7.71. The molecule has 0 aliphatic rings. The third kappa shape index (κ3) is 3.57. The van der Waals surface area contributed by atoms with E-state index in [1.807, 2.05) is 38.1 Å². The van der Waals surface area contributed by atoms with Crippen molar-refractivity contribution in [2.75, 3.05) is 5.32 Å². The van der Waals surface area contributed by atoms with Crippen LogP contribution < -0.4 is 10.9 Å². The van der Waals surface area contributed by atoms with E-state index in [0.29, 0.717) is 28.1 Å². The van der Waals surface area contributed by atoms with E-state index < -0.39 is 5.91 Å². The van der Waals surface area contributed by atoms with E-state index in [2.05, 4.69) is 30.6 Å². The maximum atomic E-state index is 13.1. The lowest BCUT2D eigenvalue weighted by Crippen LogP contribution is -2.16. The lowest BCUT2D eigenvalue weighted by molar-refractivity contribution is 0.102. The molecule has 0 aliphatic heterocycles. The Bertz CT molecular complexity index is 1580. The monoisotopic (exact) mass is 440 g/mol. The standard InChI is InChI=1S/C23H20N8O2/c1-13-8-9-18(14(2)10-13)31-28-15(3)20(29-31)23(33)27-17-6-4-5-7-19(17)30-21-16(11-26-30)22(32)25-12-24-21/h4-12H,1-3H3,(H,27,33)(H,24,25,32). The van der Waals surface area contributed by atoms with Crippen LogP contribution in [0.3, 0.4) is 0 Å². The van der Waals surface area contributed by atoms with Crippen LogP contribution in [0.4, 0.5) is 5.69 Å². The zero-order chi connectivity index (χ0) is 23.1. The number of fused-ring (bicyclic) bond motifs is 1. The van der Waals surface area contributed by atoms with Crippen molar-refractivity contribution in [3.8, 4) is 11.4 Å². The smallest absolute Gasteiger partial charge is 0.278 e. The van der Waals surface area contributed by atoms with Gasteiger partial charge in [0.05, 0.1) is 35.3 Å². The normalized spacial score (nSPS) is 11.1. The van der Waals surface area contributed by atoms with Gasteiger partial charge in [-0.2, -0.15) is 15.0 Å². The van der Waals surface area contributed by atoms with Crippen LogP contribution in [0.1, 0.15) is 27.3 Å². The number of nitrogens with one attached hydrogen (secondary N) is 2. The van der Waals surface area contributed by atoms with Gasteiger partial charge in [-0.25, -0.2) is 9.67 Å². The number of anilines is 1. The van der Waals surface area contributed by atoms with Crippen LogP contribution >= 0.6 is 0 Å². The van der Waals surface area contributed by atoms with Gasteiger partial charge in [-0.15, -0.1) is 5.10 Å². The number of nitrogens with zero attached hydrogens (tertiary/aromatic N) is 6. The quantitative estimate of drug-likeness (QED) is 0.443. The van der Waals surface area contributed by atoms with E-state index in [-0.39, 0.29) is 11.3 Å². The van der Waals surface area contributed by atoms with Gasteiger partial charge in [0.2, 0.25) is 0 Å². The molecule has 0 fully saturated rings. The van der Waals surface area contributed by atoms with Crippen molar-refractivity contribution in [3.63, 3.8) is 0 Å². The Morgan fingerprint density at radius 2 is 1.85 bits per heavy atom. The zero-order valence-corrected chi connectivity index (χ0v) is 18.2. The van der Waals surface area contributed by atoms with Gasteiger partial charge in [-0.05, 0) is 44.5 Å². The fourth-order valence-electron chi connectivity index (χ4n) is 3.70. The summed E-state index contributed by atoms with van der Waals surface area (Å²) in [5.74, 6) is -0.404. The number of H-pyrrole nitrogens is 1. The maximum Gasteiger partial charge on any atom is 0.278 e. The topological polar surface area (TPSA) is 123 Å². The summed E-state index contributed by atoms with van der Waals surface area (Å²) in [6.07, 6.45) is 2.76. The third-order valence-corrected chi connectivity index (χ3v) is 5.32. The number of aromatic nitrogens is 7. The highest BCUT2D eigenvalue weighted by molar-refractivity contribution is 6.04.